The molecule has 1 aliphatic carbocycles. The lowest BCUT2D eigenvalue weighted by atomic mass is 10.2. The maximum absolute atomic E-state index is 11.1. The fourth-order valence-corrected chi connectivity index (χ4v) is 2.75. The van der Waals surface area contributed by atoms with Gasteiger partial charge in [-0.1, -0.05) is 0 Å². The van der Waals surface area contributed by atoms with Gasteiger partial charge < -0.3 is 15.4 Å². The highest BCUT2D eigenvalue weighted by Gasteiger charge is 2.26. The van der Waals surface area contributed by atoms with Crippen molar-refractivity contribution in [1.82, 2.24) is 19.7 Å². The molecule has 1 unspecified atom stereocenters. The van der Waals surface area contributed by atoms with Gasteiger partial charge in [-0.15, -0.1) is 0 Å². The highest BCUT2D eigenvalue weighted by molar-refractivity contribution is 5.60. The Bertz CT molecular complexity index is 768. The smallest absolute Gasteiger partial charge is 0.329 e. The second kappa shape index (κ2) is 6.63. The molecule has 1 atom stereocenters. The van der Waals surface area contributed by atoms with E-state index in [4.69, 9.17) is 4.74 Å². The van der Waals surface area contributed by atoms with E-state index in [0.717, 1.165) is 38.0 Å². The topological polar surface area (TPSA) is 120 Å². The van der Waals surface area contributed by atoms with Gasteiger partial charge in [0, 0.05) is 18.8 Å². The number of ether oxygens (including phenoxy) is 1. The summed E-state index contributed by atoms with van der Waals surface area (Å²) in [4.78, 5) is 18.9. The molecular formula is C15H19N7O3. The summed E-state index contributed by atoms with van der Waals surface area (Å²) in [6, 6.07) is 0.260. The lowest BCUT2D eigenvalue weighted by Crippen LogP contribution is -2.15. The van der Waals surface area contributed by atoms with Crippen LogP contribution >= 0.6 is 0 Å². The Labute approximate surface area is 143 Å². The molecule has 2 fully saturated rings. The monoisotopic (exact) mass is 345 g/mol. The van der Waals surface area contributed by atoms with Gasteiger partial charge in [0.25, 0.3) is 0 Å². The first-order chi connectivity index (χ1) is 12.2. The van der Waals surface area contributed by atoms with Crippen molar-refractivity contribution in [2.24, 2.45) is 0 Å². The van der Waals surface area contributed by atoms with Crippen LogP contribution in [-0.4, -0.2) is 43.4 Å². The summed E-state index contributed by atoms with van der Waals surface area (Å²) in [5.41, 5.74) is 0.607. The molecule has 2 aromatic heterocycles. The molecule has 10 nitrogen and oxygen atoms in total. The number of rotatable bonds is 7. The summed E-state index contributed by atoms with van der Waals surface area (Å²) in [7, 11) is 0. The number of aromatic nitrogens is 4. The van der Waals surface area contributed by atoms with Crippen molar-refractivity contribution in [3.05, 3.63) is 28.7 Å². The van der Waals surface area contributed by atoms with Crippen molar-refractivity contribution >= 4 is 23.1 Å². The van der Waals surface area contributed by atoms with Crippen LogP contribution in [0.5, 0.6) is 0 Å². The van der Waals surface area contributed by atoms with Crippen LogP contribution < -0.4 is 10.6 Å². The first-order valence-corrected chi connectivity index (χ1v) is 8.36. The second-order valence-corrected chi connectivity index (χ2v) is 6.31. The van der Waals surface area contributed by atoms with Crippen molar-refractivity contribution in [3.63, 3.8) is 0 Å². The van der Waals surface area contributed by atoms with E-state index < -0.39 is 4.92 Å². The fraction of sp³-hybridized carbons (Fsp3) is 0.533. The molecule has 1 saturated heterocycles. The van der Waals surface area contributed by atoms with Crippen molar-refractivity contribution < 1.29 is 9.66 Å². The first kappa shape index (κ1) is 15.8. The van der Waals surface area contributed by atoms with Gasteiger partial charge in [-0.3, -0.25) is 14.8 Å². The summed E-state index contributed by atoms with van der Waals surface area (Å²) in [6.45, 7) is 1.52. The van der Waals surface area contributed by atoms with E-state index in [1.54, 1.807) is 6.20 Å². The van der Waals surface area contributed by atoms with Crippen LogP contribution in [0.2, 0.25) is 0 Å². The van der Waals surface area contributed by atoms with Crippen molar-refractivity contribution in [2.75, 3.05) is 17.2 Å². The van der Waals surface area contributed by atoms with Crippen LogP contribution in [0.25, 0.3) is 0 Å². The molecule has 1 aliphatic heterocycles. The van der Waals surface area contributed by atoms with Gasteiger partial charge in [-0.05, 0) is 25.7 Å². The molecular weight excluding hydrogens is 326 g/mol. The molecule has 3 heterocycles. The van der Waals surface area contributed by atoms with Gasteiger partial charge in [-0.25, -0.2) is 4.98 Å². The summed E-state index contributed by atoms with van der Waals surface area (Å²) < 4.78 is 7.41. The first-order valence-electron chi connectivity index (χ1n) is 8.36. The zero-order valence-corrected chi connectivity index (χ0v) is 13.6. The molecule has 2 N–H and O–H groups in total. The summed E-state index contributed by atoms with van der Waals surface area (Å²) in [5.74, 6) is 0.544. The Morgan fingerprint density at radius 1 is 1.36 bits per heavy atom. The van der Waals surface area contributed by atoms with E-state index in [0.29, 0.717) is 12.5 Å². The van der Waals surface area contributed by atoms with Crippen LogP contribution in [0.3, 0.4) is 0 Å². The Kier molecular flexibility index (Phi) is 4.18. The van der Waals surface area contributed by atoms with Crippen LogP contribution in [0, 0.1) is 10.1 Å². The zero-order chi connectivity index (χ0) is 17.2. The minimum atomic E-state index is -0.478. The molecule has 4 rings (SSSR count). The summed E-state index contributed by atoms with van der Waals surface area (Å²) >= 11 is 0. The van der Waals surface area contributed by atoms with Gasteiger partial charge in [0.1, 0.15) is 6.20 Å². The third-order valence-electron chi connectivity index (χ3n) is 4.19. The van der Waals surface area contributed by atoms with Crippen LogP contribution in [0.1, 0.15) is 25.7 Å². The number of anilines is 3. The molecule has 0 bridgehead atoms. The van der Waals surface area contributed by atoms with E-state index in [1.165, 1.54) is 6.20 Å². The molecule has 132 valence electrons. The molecule has 0 amide bonds. The SMILES string of the molecule is O=[N+]([O-])c1cnc(Nc2cnn(CC3CCCO3)c2)nc1NC1CC1. The fourth-order valence-electron chi connectivity index (χ4n) is 2.75. The maximum atomic E-state index is 11.1. The molecule has 0 spiro atoms. The van der Waals surface area contributed by atoms with Crippen LogP contribution in [-0.2, 0) is 11.3 Å². The van der Waals surface area contributed by atoms with Gasteiger partial charge in [0.2, 0.25) is 11.8 Å². The van der Waals surface area contributed by atoms with Crippen molar-refractivity contribution in [1.29, 1.82) is 0 Å². The minimum absolute atomic E-state index is 0.119. The van der Waals surface area contributed by atoms with E-state index >= 15 is 0 Å². The number of nitro groups is 1. The lowest BCUT2D eigenvalue weighted by Gasteiger charge is -2.08. The number of nitrogens with zero attached hydrogens (tertiary/aromatic N) is 5. The van der Waals surface area contributed by atoms with Crippen LogP contribution in [0.15, 0.2) is 18.6 Å². The third kappa shape index (κ3) is 3.85. The highest BCUT2D eigenvalue weighted by Crippen LogP contribution is 2.29. The van der Waals surface area contributed by atoms with E-state index in [9.17, 15) is 10.1 Å². The maximum Gasteiger partial charge on any atom is 0.329 e. The molecule has 1 saturated carbocycles. The highest BCUT2D eigenvalue weighted by atomic mass is 16.6. The van der Waals surface area contributed by atoms with E-state index in [-0.39, 0.29) is 23.7 Å². The van der Waals surface area contributed by atoms with Crippen LogP contribution in [0.4, 0.5) is 23.1 Å². The Balaban J connectivity index is 1.46. The van der Waals surface area contributed by atoms with Crippen molar-refractivity contribution in [2.45, 2.75) is 44.4 Å². The zero-order valence-electron chi connectivity index (χ0n) is 13.6. The quantitative estimate of drug-likeness (QED) is 0.578. The van der Waals surface area contributed by atoms with E-state index in [1.807, 2.05) is 10.9 Å². The average Bonchev–Trinajstić information content (AvgIpc) is 3.06. The third-order valence-corrected chi connectivity index (χ3v) is 4.19. The molecule has 10 heteroatoms. The molecule has 0 aromatic carbocycles. The molecule has 2 aromatic rings. The Hall–Kier alpha value is -2.75. The molecule has 2 aliphatic rings. The van der Waals surface area contributed by atoms with Gasteiger partial charge in [0.15, 0.2) is 0 Å². The average molecular weight is 345 g/mol. The number of hydrogen-bond donors (Lipinski definition) is 2. The van der Waals surface area contributed by atoms with E-state index in [2.05, 4.69) is 25.7 Å². The summed E-state index contributed by atoms with van der Waals surface area (Å²) in [6.07, 6.45) is 9.08. The minimum Gasteiger partial charge on any atom is -0.376 e. The largest absolute Gasteiger partial charge is 0.376 e. The molecule has 25 heavy (non-hydrogen) atoms. The summed E-state index contributed by atoms with van der Waals surface area (Å²) in [5, 5.41) is 21.5. The van der Waals surface area contributed by atoms with Gasteiger partial charge >= 0.3 is 5.69 Å². The number of nitrogens with one attached hydrogen (secondary N) is 2. The predicted molar refractivity (Wildman–Crippen MR) is 89.8 cm³/mol. The Morgan fingerprint density at radius 2 is 2.24 bits per heavy atom. The normalized spacial score (nSPS) is 19.8. The van der Waals surface area contributed by atoms with Crippen molar-refractivity contribution in [3.8, 4) is 0 Å². The van der Waals surface area contributed by atoms with Gasteiger partial charge in [-0.2, -0.15) is 10.1 Å². The Morgan fingerprint density at radius 3 is 2.96 bits per heavy atom. The number of hydrogen-bond acceptors (Lipinski definition) is 8. The second-order valence-electron chi connectivity index (χ2n) is 6.31. The lowest BCUT2D eigenvalue weighted by molar-refractivity contribution is -0.384. The molecule has 0 radical (unpaired) electrons. The predicted octanol–water partition coefficient (Wildman–Crippen LogP) is 2.08. The standard InChI is InChI=1S/C15H19N7O3/c23-22(24)13-7-16-15(20-14(13)18-10-3-4-10)19-11-6-17-21(8-11)9-12-2-1-5-25-12/h6-8,10,12H,1-5,9H2,(H2,16,18,19,20). The van der Waals surface area contributed by atoms with Gasteiger partial charge in [0.05, 0.1) is 29.5 Å².